The highest BCUT2D eigenvalue weighted by Crippen LogP contribution is 2.25. The highest BCUT2D eigenvalue weighted by atomic mass is 32.1. The van der Waals surface area contributed by atoms with Crippen LogP contribution in [0.5, 0.6) is 0 Å². The Morgan fingerprint density at radius 2 is 2.26 bits per heavy atom. The number of nitrogens with zero attached hydrogens (tertiary/aromatic N) is 2. The normalized spacial score (nSPS) is 17.9. The highest BCUT2D eigenvalue weighted by Gasteiger charge is 2.23. The Bertz CT molecular complexity index is 447. The third kappa shape index (κ3) is 6.10. The number of hydrogen-bond acceptors (Lipinski definition) is 5. The van der Waals surface area contributed by atoms with Gasteiger partial charge in [0.2, 0.25) is 0 Å². The van der Waals surface area contributed by atoms with E-state index in [1.807, 2.05) is 6.92 Å². The summed E-state index contributed by atoms with van der Waals surface area (Å²) >= 11 is 1.81. The third-order valence-corrected chi connectivity index (χ3v) is 4.76. The van der Waals surface area contributed by atoms with E-state index in [1.54, 1.807) is 18.4 Å². The van der Waals surface area contributed by atoms with Gasteiger partial charge in [0.05, 0.1) is 25.9 Å². The fourth-order valence-electron chi connectivity index (χ4n) is 2.58. The predicted molar refractivity (Wildman–Crippen MR) is 95.3 cm³/mol. The van der Waals surface area contributed by atoms with E-state index in [0.717, 1.165) is 52.0 Å². The van der Waals surface area contributed by atoms with Crippen molar-refractivity contribution in [3.05, 3.63) is 22.4 Å². The molecule has 1 atom stereocenters. The molecule has 1 aliphatic heterocycles. The van der Waals surface area contributed by atoms with Crippen LogP contribution in [0.4, 0.5) is 0 Å². The van der Waals surface area contributed by atoms with Gasteiger partial charge in [-0.25, -0.2) is 0 Å². The summed E-state index contributed by atoms with van der Waals surface area (Å²) in [7, 11) is 1.80. The molecule has 130 valence electrons. The summed E-state index contributed by atoms with van der Waals surface area (Å²) < 4.78 is 10.8. The lowest BCUT2D eigenvalue weighted by atomic mass is 10.2. The Hall–Kier alpha value is -1.15. The quantitative estimate of drug-likeness (QED) is 0.425. The lowest BCUT2D eigenvalue weighted by Gasteiger charge is -2.34. The van der Waals surface area contributed by atoms with Gasteiger partial charge in [-0.15, -0.1) is 11.3 Å². The van der Waals surface area contributed by atoms with Crippen LogP contribution in [0.2, 0.25) is 0 Å². The average Bonchev–Trinajstić information content (AvgIpc) is 3.12. The van der Waals surface area contributed by atoms with Crippen molar-refractivity contribution in [3.63, 3.8) is 0 Å². The van der Waals surface area contributed by atoms with E-state index in [4.69, 9.17) is 9.47 Å². The molecular formula is C16H28N4O2S. The number of thiophene rings is 1. The molecule has 1 aromatic rings. The summed E-state index contributed by atoms with van der Waals surface area (Å²) in [5, 5.41) is 8.86. The van der Waals surface area contributed by atoms with Crippen LogP contribution in [0, 0.1) is 0 Å². The van der Waals surface area contributed by atoms with Gasteiger partial charge in [-0.3, -0.25) is 9.89 Å². The molecule has 6 nitrogen and oxygen atoms in total. The van der Waals surface area contributed by atoms with Crippen LogP contribution in [-0.4, -0.2) is 70.5 Å². The van der Waals surface area contributed by atoms with Crippen molar-refractivity contribution in [3.8, 4) is 0 Å². The van der Waals surface area contributed by atoms with Crippen molar-refractivity contribution in [2.24, 2.45) is 4.99 Å². The molecule has 23 heavy (non-hydrogen) atoms. The molecule has 1 unspecified atom stereocenters. The fraction of sp³-hybridized carbons (Fsp3) is 0.688. The molecule has 1 aromatic heterocycles. The maximum atomic E-state index is 5.48. The zero-order valence-electron chi connectivity index (χ0n) is 14.1. The first kappa shape index (κ1) is 18.2. The molecule has 0 amide bonds. The summed E-state index contributed by atoms with van der Waals surface area (Å²) in [5.41, 5.74) is 0. The number of hydrogen-bond donors (Lipinski definition) is 2. The second-order valence-electron chi connectivity index (χ2n) is 5.26. The lowest BCUT2D eigenvalue weighted by Crippen LogP contribution is -2.46. The van der Waals surface area contributed by atoms with Crippen LogP contribution < -0.4 is 10.6 Å². The maximum Gasteiger partial charge on any atom is 0.191 e. The van der Waals surface area contributed by atoms with Crippen molar-refractivity contribution in [2.75, 3.05) is 59.7 Å². The number of morpholine rings is 1. The van der Waals surface area contributed by atoms with E-state index in [2.05, 4.69) is 38.0 Å². The zero-order valence-corrected chi connectivity index (χ0v) is 14.9. The third-order valence-electron chi connectivity index (χ3n) is 3.79. The summed E-state index contributed by atoms with van der Waals surface area (Å²) in [5.74, 6) is 0.819. The minimum Gasteiger partial charge on any atom is -0.380 e. The van der Waals surface area contributed by atoms with Gasteiger partial charge in [0.1, 0.15) is 0 Å². The first-order chi connectivity index (χ1) is 11.3. The van der Waals surface area contributed by atoms with Crippen LogP contribution in [0.1, 0.15) is 17.8 Å². The maximum absolute atomic E-state index is 5.48. The van der Waals surface area contributed by atoms with Crippen molar-refractivity contribution in [1.29, 1.82) is 0 Å². The standard InChI is InChI=1S/C16H28N4O2S/c1-3-21-9-6-18-16(17-2)19-13-14(15-5-4-12-23-15)20-7-10-22-11-8-20/h4-5,12,14H,3,6-11,13H2,1-2H3,(H2,17,18,19). The lowest BCUT2D eigenvalue weighted by molar-refractivity contribution is 0.0177. The number of rotatable bonds is 8. The predicted octanol–water partition coefficient (Wildman–Crippen LogP) is 1.32. The van der Waals surface area contributed by atoms with Gasteiger partial charge >= 0.3 is 0 Å². The average molecular weight is 340 g/mol. The van der Waals surface area contributed by atoms with Gasteiger partial charge in [0.25, 0.3) is 0 Å². The molecular weight excluding hydrogens is 312 g/mol. The molecule has 0 radical (unpaired) electrons. The Labute approximate surface area is 142 Å². The topological polar surface area (TPSA) is 58.1 Å². The van der Waals surface area contributed by atoms with E-state index < -0.39 is 0 Å². The van der Waals surface area contributed by atoms with E-state index >= 15 is 0 Å². The monoisotopic (exact) mass is 340 g/mol. The molecule has 2 rings (SSSR count). The largest absolute Gasteiger partial charge is 0.380 e. The van der Waals surface area contributed by atoms with Crippen LogP contribution in [0.3, 0.4) is 0 Å². The van der Waals surface area contributed by atoms with Gasteiger partial charge in [-0.1, -0.05) is 6.07 Å². The van der Waals surface area contributed by atoms with Crippen LogP contribution in [0.25, 0.3) is 0 Å². The number of guanidine groups is 1. The Morgan fingerprint density at radius 3 is 2.91 bits per heavy atom. The van der Waals surface area contributed by atoms with Gasteiger partial charge in [-0.05, 0) is 18.4 Å². The summed E-state index contributed by atoms with van der Waals surface area (Å²) in [6, 6.07) is 4.67. The van der Waals surface area contributed by atoms with Crippen LogP contribution in [0.15, 0.2) is 22.5 Å². The molecule has 1 fully saturated rings. The number of nitrogens with one attached hydrogen (secondary N) is 2. The van der Waals surface area contributed by atoms with Gasteiger partial charge in [-0.2, -0.15) is 0 Å². The van der Waals surface area contributed by atoms with E-state index in [1.165, 1.54) is 4.88 Å². The van der Waals surface area contributed by atoms with Crippen molar-refractivity contribution in [1.82, 2.24) is 15.5 Å². The Kier molecular flexibility index (Phi) is 8.38. The molecule has 1 aliphatic rings. The molecule has 0 spiro atoms. The second kappa shape index (κ2) is 10.6. The minimum atomic E-state index is 0.351. The zero-order chi connectivity index (χ0) is 16.3. The van der Waals surface area contributed by atoms with Gasteiger partial charge < -0.3 is 20.1 Å². The van der Waals surface area contributed by atoms with Crippen molar-refractivity contribution >= 4 is 17.3 Å². The second-order valence-corrected chi connectivity index (χ2v) is 6.24. The Morgan fingerprint density at radius 1 is 1.43 bits per heavy atom. The van der Waals surface area contributed by atoms with E-state index in [0.29, 0.717) is 12.6 Å². The molecule has 7 heteroatoms. The smallest absolute Gasteiger partial charge is 0.191 e. The summed E-state index contributed by atoms with van der Waals surface area (Å²) in [6.07, 6.45) is 0. The first-order valence-corrected chi connectivity index (χ1v) is 9.10. The van der Waals surface area contributed by atoms with Crippen LogP contribution >= 0.6 is 11.3 Å². The van der Waals surface area contributed by atoms with Crippen LogP contribution in [-0.2, 0) is 9.47 Å². The van der Waals surface area contributed by atoms with E-state index in [9.17, 15) is 0 Å². The molecule has 1 saturated heterocycles. The van der Waals surface area contributed by atoms with E-state index in [-0.39, 0.29) is 0 Å². The fourth-order valence-corrected chi connectivity index (χ4v) is 3.44. The molecule has 0 aromatic carbocycles. The van der Waals surface area contributed by atoms with Gasteiger partial charge in [0.15, 0.2) is 5.96 Å². The number of ether oxygens (including phenoxy) is 2. The highest BCUT2D eigenvalue weighted by molar-refractivity contribution is 7.10. The summed E-state index contributed by atoms with van der Waals surface area (Å²) in [4.78, 5) is 8.14. The van der Waals surface area contributed by atoms with Crippen molar-refractivity contribution < 1.29 is 9.47 Å². The Balaban J connectivity index is 1.87. The van der Waals surface area contributed by atoms with Crippen molar-refractivity contribution in [2.45, 2.75) is 13.0 Å². The first-order valence-electron chi connectivity index (χ1n) is 8.22. The minimum absolute atomic E-state index is 0.351. The molecule has 0 bridgehead atoms. The SMILES string of the molecule is CCOCCNC(=NC)NCC(c1cccs1)N1CCOCC1. The van der Waals surface area contributed by atoms with Gasteiger partial charge in [0, 0.05) is 44.7 Å². The molecule has 0 saturated carbocycles. The number of aliphatic imine (C=N–C) groups is 1. The summed E-state index contributed by atoms with van der Waals surface area (Å²) in [6.45, 7) is 8.58. The molecule has 0 aliphatic carbocycles. The molecule has 2 heterocycles. The molecule has 2 N–H and O–H groups in total.